The van der Waals surface area contributed by atoms with Gasteiger partial charge in [0.1, 0.15) is 5.75 Å². The summed E-state index contributed by atoms with van der Waals surface area (Å²) in [5.41, 5.74) is 6.15. The molecule has 0 aliphatic rings. The zero-order valence-corrected chi connectivity index (χ0v) is 11.0. The summed E-state index contributed by atoms with van der Waals surface area (Å²) in [5, 5.41) is 0.513. The van der Waals surface area contributed by atoms with Crippen molar-refractivity contribution in [3.8, 4) is 5.75 Å². The molecule has 2 N–H and O–H groups in total. The van der Waals surface area contributed by atoms with Crippen LogP contribution in [0.25, 0.3) is 0 Å². The van der Waals surface area contributed by atoms with Crippen molar-refractivity contribution in [1.82, 2.24) is 0 Å². The van der Waals surface area contributed by atoms with Gasteiger partial charge >= 0.3 is 0 Å². The summed E-state index contributed by atoms with van der Waals surface area (Å²) in [5.74, 6) is 0.998. The lowest BCUT2D eigenvalue weighted by atomic mass is 10.00. The lowest BCUT2D eigenvalue weighted by molar-refractivity contribution is 0.0974. The van der Waals surface area contributed by atoms with Gasteiger partial charge in [-0.25, -0.2) is 0 Å². The first kappa shape index (κ1) is 14.0. The molecule has 0 bridgehead atoms. The number of methoxy groups -OCH3 is 1. The molecule has 17 heavy (non-hydrogen) atoms. The molecule has 0 aliphatic heterocycles. The smallest absolute Gasteiger partial charge is 0.163 e. The SMILES string of the molecule is COc1cc(C(=O)CCC(C)CN)ccc1Cl. The molecular weight excluding hydrogens is 238 g/mol. The van der Waals surface area contributed by atoms with Crippen molar-refractivity contribution in [2.45, 2.75) is 19.8 Å². The van der Waals surface area contributed by atoms with Crippen LogP contribution in [0.5, 0.6) is 5.75 Å². The number of Topliss-reactive ketones (excluding diaryl/α,β-unsaturated/α-hetero) is 1. The lowest BCUT2D eigenvalue weighted by Gasteiger charge is -2.08. The maximum Gasteiger partial charge on any atom is 0.163 e. The van der Waals surface area contributed by atoms with Gasteiger partial charge in [0, 0.05) is 12.0 Å². The van der Waals surface area contributed by atoms with E-state index in [4.69, 9.17) is 22.1 Å². The van der Waals surface area contributed by atoms with Crippen LogP contribution < -0.4 is 10.5 Å². The Morgan fingerprint density at radius 2 is 2.24 bits per heavy atom. The second kappa shape index (κ2) is 6.62. The van der Waals surface area contributed by atoms with Gasteiger partial charge in [0.25, 0.3) is 0 Å². The summed E-state index contributed by atoms with van der Waals surface area (Å²) < 4.78 is 5.08. The highest BCUT2D eigenvalue weighted by Crippen LogP contribution is 2.25. The van der Waals surface area contributed by atoms with Gasteiger partial charge in [-0.05, 0) is 37.1 Å². The van der Waals surface area contributed by atoms with E-state index in [2.05, 4.69) is 0 Å². The van der Waals surface area contributed by atoms with Crippen molar-refractivity contribution in [3.05, 3.63) is 28.8 Å². The fourth-order valence-electron chi connectivity index (χ4n) is 1.47. The molecule has 4 heteroatoms. The Balaban J connectivity index is 2.69. The van der Waals surface area contributed by atoms with E-state index in [0.29, 0.717) is 35.2 Å². The number of hydrogen-bond acceptors (Lipinski definition) is 3. The van der Waals surface area contributed by atoms with E-state index in [9.17, 15) is 4.79 Å². The predicted molar refractivity (Wildman–Crippen MR) is 69.8 cm³/mol. The molecule has 0 amide bonds. The Hall–Kier alpha value is -1.06. The minimum absolute atomic E-state index is 0.0975. The van der Waals surface area contributed by atoms with Crippen molar-refractivity contribution in [2.24, 2.45) is 11.7 Å². The maximum atomic E-state index is 11.9. The van der Waals surface area contributed by atoms with Crippen LogP contribution >= 0.6 is 11.6 Å². The van der Waals surface area contributed by atoms with Crippen LogP contribution in [-0.4, -0.2) is 19.4 Å². The van der Waals surface area contributed by atoms with E-state index in [-0.39, 0.29) is 5.78 Å². The molecule has 1 atom stereocenters. The van der Waals surface area contributed by atoms with Crippen molar-refractivity contribution in [3.63, 3.8) is 0 Å². The number of ether oxygens (including phenoxy) is 1. The van der Waals surface area contributed by atoms with Crippen LogP contribution in [0.1, 0.15) is 30.1 Å². The molecule has 0 spiro atoms. The Morgan fingerprint density at radius 1 is 1.53 bits per heavy atom. The first-order valence-electron chi connectivity index (χ1n) is 5.65. The van der Waals surface area contributed by atoms with Crippen molar-refractivity contribution >= 4 is 17.4 Å². The number of benzene rings is 1. The third-order valence-corrected chi connectivity index (χ3v) is 3.05. The van der Waals surface area contributed by atoms with Gasteiger partial charge in [-0.2, -0.15) is 0 Å². The second-order valence-electron chi connectivity index (χ2n) is 4.15. The highest BCUT2D eigenvalue weighted by atomic mass is 35.5. The van der Waals surface area contributed by atoms with Crippen LogP contribution in [0.2, 0.25) is 5.02 Å². The third kappa shape index (κ3) is 4.02. The summed E-state index contributed by atoms with van der Waals surface area (Å²) in [6.45, 7) is 2.65. The average molecular weight is 256 g/mol. The number of halogens is 1. The molecule has 1 aromatic carbocycles. The van der Waals surface area contributed by atoms with Gasteiger partial charge in [0.2, 0.25) is 0 Å². The molecule has 0 fully saturated rings. The summed E-state index contributed by atoms with van der Waals surface area (Å²) in [6.07, 6.45) is 1.31. The van der Waals surface area contributed by atoms with E-state index in [1.807, 2.05) is 6.92 Å². The normalized spacial score (nSPS) is 12.2. The standard InChI is InChI=1S/C13H18ClNO2/c1-9(8-15)3-6-12(16)10-4-5-11(14)13(7-10)17-2/h4-5,7,9H,3,6,8,15H2,1-2H3. The first-order chi connectivity index (χ1) is 8.08. The molecule has 1 aromatic rings. The largest absolute Gasteiger partial charge is 0.495 e. The number of ketones is 1. The van der Waals surface area contributed by atoms with Crippen LogP contribution in [-0.2, 0) is 0 Å². The summed E-state index contributed by atoms with van der Waals surface area (Å²) in [6, 6.07) is 5.08. The minimum Gasteiger partial charge on any atom is -0.495 e. The van der Waals surface area contributed by atoms with Crippen molar-refractivity contribution in [1.29, 1.82) is 0 Å². The monoisotopic (exact) mass is 255 g/mol. The molecule has 0 saturated heterocycles. The molecule has 0 aromatic heterocycles. The van der Waals surface area contributed by atoms with Crippen molar-refractivity contribution in [2.75, 3.05) is 13.7 Å². The van der Waals surface area contributed by atoms with Crippen LogP contribution in [0, 0.1) is 5.92 Å². The molecule has 0 heterocycles. The van der Waals surface area contributed by atoms with E-state index in [0.717, 1.165) is 6.42 Å². The van der Waals surface area contributed by atoms with E-state index in [1.165, 1.54) is 7.11 Å². The molecular formula is C13H18ClNO2. The van der Waals surface area contributed by atoms with Crippen molar-refractivity contribution < 1.29 is 9.53 Å². The van der Waals surface area contributed by atoms with Crippen LogP contribution in [0.15, 0.2) is 18.2 Å². The fraction of sp³-hybridized carbons (Fsp3) is 0.462. The predicted octanol–water partition coefficient (Wildman–Crippen LogP) is 2.91. The Bertz CT molecular complexity index is 393. The maximum absolute atomic E-state index is 11.9. The Kier molecular flexibility index (Phi) is 5.45. The topological polar surface area (TPSA) is 52.3 Å². The van der Waals surface area contributed by atoms with Gasteiger partial charge in [-0.1, -0.05) is 18.5 Å². The number of hydrogen-bond donors (Lipinski definition) is 1. The highest BCUT2D eigenvalue weighted by molar-refractivity contribution is 6.32. The van der Waals surface area contributed by atoms with E-state index < -0.39 is 0 Å². The summed E-state index contributed by atoms with van der Waals surface area (Å²) in [4.78, 5) is 11.9. The quantitative estimate of drug-likeness (QED) is 0.796. The summed E-state index contributed by atoms with van der Waals surface area (Å²) in [7, 11) is 1.53. The zero-order valence-electron chi connectivity index (χ0n) is 10.2. The number of rotatable bonds is 6. The van der Waals surface area contributed by atoms with E-state index >= 15 is 0 Å². The van der Waals surface area contributed by atoms with Gasteiger partial charge in [-0.3, -0.25) is 4.79 Å². The molecule has 1 unspecified atom stereocenters. The molecule has 1 rings (SSSR count). The van der Waals surface area contributed by atoms with E-state index in [1.54, 1.807) is 18.2 Å². The zero-order chi connectivity index (χ0) is 12.8. The second-order valence-corrected chi connectivity index (χ2v) is 4.56. The van der Waals surface area contributed by atoms with Gasteiger partial charge < -0.3 is 10.5 Å². The fourth-order valence-corrected chi connectivity index (χ4v) is 1.67. The molecule has 0 radical (unpaired) electrons. The summed E-state index contributed by atoms with van der Waals surface area (Å²) >= 11 is 5.90. The molecule has 94 valence electrons. The highest BCUT2D eigenvalue weighted by Gasteiger charge is 2.10. The number of carbonyl (C=O) groups excluding carboxylic acids is 1. The Morgan fingerprint density at radius 3 is 2.82 bits per heavy atom. The molecule has 0 aliphatic carbocycles. The minimum atomic E-state index is 0.0975. The van der Waals surface area contributed by atoms with Gasteiger partial charge in [0.15, 0.2) is 5.78 Å². The molecule has 0 saturated carbocycles. The van der Waals surface area contributed by atoms with Gasteiger partial charge in [-0.15, -0.1) is 0 Å². The van der Waals surface area contributed by atoms with Gasteiger partial charge in [0.05, 0.1) is 12.1 Å². The Labute approximate surface area is 107 Å². The van der Waals surface area contributed by atoms with Crippen LogP contribution in [0.4, 0.5) is 0 Å². The third-order valence-electron chi connectivity index (χ3n) is 2.74. The number of carbonyl (C=O) groups is 1. The average Bonchev–Trinajstić information content (AvgIpc) is 2.35. The lowest BCUT2D eigenvalue weighted by Crippen LogP contribution is -2.12. The number of nitrogens with two attached hydrogens (primary N) is 1. The molecule has 3 nitrogen and oxygen atoms in total. The van der Waals surface area contributed by atoms with Crippen LogP contribution in [0.3, 0.4) is 0 Å². The first-order valence-corrected chi connectivity index (χ1v) is 6.03.